The number of carbonyl (C=O) groups is 1. The number of guanidine groups is 1. The number of hydrogen-bond donors (Lipinski definition) is 2. The van der Waals surface area contributed by atoms with Crippen LogP contribution in [0.2, 0.25) is 0 Å². The van der Waals surface area contributed by atoms with E-state index in [1.807, 2.05) is 31.3 Å². The summed E-state index contributed by atoms with van der Waals surface area (Å²) >= 11 is 0. The topological polar surface area (TPSA) is 70.9 Å². The molecule has 2 N–H and O–H groups in total. The highest BCUT2D eigenvalue weighted by molar-refractivity contribution is 5.86. The summed E-state index contributed by atoms with van der Waals surface area (Å²) in [5.41, 5.74) is 1.17. The Hall–Kier alpha value is -2.02. The highest BCUT2D eigenvalue weighted by Crippen LogP contribution is 2.03. The van der Waals surface area contributed by atoms with Crippen LogP contribution in [-0.2, 0) is 23.1 Å². The Morgan fingerprint density at radius 3 is 2.81 bits per heavy atom. The van der Waals surface area contributed by atoms with Gasteiger partial charge in [0.1, 0.15) is 0 Å². The van der Waals surface area contributed by atoms with Gasteiger partial charge in [0.15, 0.2) is 5.96 Å². The number of nitrogens with one attached hydrogen (secondary N) is 2. The second-order valence-corrected chi connectivity index (χ2v) is 4.71. The lowest BCUT2D eigenvalue weighted by atomic mass is 10.4. The Morgan fingerprint density at radius 2 is 2.24 bits per heavy atom. The van der Waals surface area contributed by atoms with Gasteiger partial charge in [0.2, 0.25) is 5.91 Å². The number of hydrogen-bond acceptors (Lipinski definition) is 3. The van der Waals surface area contributed by atoms with Gasteiger partial charge in [0, 0.05) is 46.7 Å². The van der Waals surface area contributed by atoms with Crippen LogP contribution < -0.4 is 10.6 Å². The van der Waals surface area contributed by atoms with Crippen molar-refractivity contribution in [1.29, 1.82) is 0 Å². The summed E-state index contributed by atoms with van der Waals surface area (Å²) in [4.78, 5) is 17.8. The Balaban J connectivity index is 2.40. The fourth-order valence-corrected chi connectivity index (χ4v) is 1.88. The molecule has 7 heteroatoms. The van der Waals surface area contributed by atoms with E-state index in [0.717, 1.165) is 0 Å². The number of methoxy groups -OCH3 is 1. The molecule has 21 heavy (non-hydrogen) atoms. The minimum atomic E-state index is -0.0829. The molecule has 0 saturated carbocycles. The molecule has 0 bridgehead atoms. The van der Waals surface area contributed by atoms with Gasteiger partial charge in [-0.25, -0.2) is 0 Å². The second-order valence-electron chi connectivity index (χ2n) is 4.71. The molecule has 1 aromatic heterocycles. The first-order valence-corrected chi connectivity index (χ1v) is 6.86. The lowest BCUT2D eigenvalue weighted by Gasteiger charge is -2.22. The maximum absolute atomic E-state index is 11.6. The third kappa shape index (κ3) is 5.86. The van der Waals surface area contributed by atoms with E-state index in [4.69, 9.17) is 4.74 Å². The fraction of sp³-hybridized carbons (Fsp3) is 0.571. The third-order valence-corrected chi connectivity index (χ3v) is 3.06. The number of rotatable bonds is 7. The van der Waals surface area contributed by atoms with Gasteiger partial charge < -0.3 is 24.8 Å². The van der Waals surface area contributed by atoms with Crippen LogP contribution in [0.1, 0.15) is 5.69 Å². The van der Waals surface area contributed by atoms with Gasteiger partial charge >= 0.3 is 0 Å². The smallest absolute Gasteiger partial charge is 0.239 e. The molecular weight excluding hydrogens is 270 g/mol. The molecule has 0 aliphatic rings. The van der Waals surface area contributed by atoms with E-state index in [1.54, 1.807) is 14.2 Å². The molecule has 0 spiro atoms. The minimum absolute atomic E-state index is 0.0829. The Labute approximate surface area is 126 Å². The normalized spacial score (nSPS) is 11.3. The number of aromatic nitrogens is 1. The van der Waals surface area contributed by atoms with Gasteiger partial charge in [-0.3, -0.25) is 9.79 Å². The van der Waals surface area contributed by atoms with Crippen molar-refractivity contribution in [1.82, 2.24) is 20.1 Å². The first-order chi connectivity index (χ1) is 10.1. The lowest BCUT2D eigenvalue weighted by molar-refractivity contribution is -0.120. The molecular formula is C14H25N5O2. The van der Waals surface area contributed by atoms with Crippen LogP contribution in [0.4, 0.5) is 0 Å². The molecule has 7 nitrogen and oxygen atoms in total. The van der Waals surface area contributed by atoms with Crippen LogP contribution in [-0.4, -0.2) is 62.2 Å². The van der Waals surface area contributed by atoms with Gasteiger partial charge in [-0.15, -0.1) is 0 Å². The highest BCUT2D eigenvalue weighted by Gasteiger charge is 2.09. The molecule has 0 aliphatic heterocycles. The van der Waals surface area contributed by atoms with E-state index >= 15 is 0 Å². The van der Waals surface area contributed by atoms with Crippen molar-refractivity contribution < 1.29 is 9.53 Å². The Bertz CT molecular complexity index is 470. The molecule has 1 heterocycles. The summed E-state index contributed by atoms with van der Waals surface area (Å²) in [7, 11) is 7.24. The second kappa shape index (κ2) is 9.02. The summed E-state index contributed by atoms with van der Waals surface area (Å²) in [5, 5.41) is 5.79. The number of carbonyl (C=O) groups excluding carboxylic acids is 1. The minimum Gasteiger partial charge on any atom is -0.383 e. The molecule has 1 rings (SSSR count). The van der Waals surface area contributed by atoms with E-state index in [9.17, 15) is 4.79 Å². The quantitative estimate of drug-likeness (QED) is 0.415. The molecule has 1 amide bonds. The van der Waals surface area contributed by atoms with Crippen LogP contribution in [0, 0.1) is 0 Å². The number of aliphatic imine (C=N–C) groups is 1. The predicted octanol–water partition coefficient (Wildman–Crippen LogP) is -0.205. The number of nitrogens with zero attached hydrogens (tertiary/aromatic N) is 3. The zero-order valence-electron chi connectivity index (χ0n) is 13.2. The standard InChI is InChI=1S/C14H25N5O2/c1-15-14(17-10-13(20)16-7-9-21-4)19(3)11-12-6-5-8-18(12)2/h5-6,8H,7,9-11H2,1-4H3,(H,15,17)(H,16,20). The molecule has 0 radical (unpaired) electrons. The van der Waals surface area contributed by atoms with Crippen molar-refractivity contribution in [3.8, 4) is 0 Å². The first-order valence-electron chi connectivity index (χ1n) is 6.86. The molecule has 118 valence electrons. The van der Waals surface area contributed by atoms with Crippen molar-refractivity contribution >= 4 is 11.9 Å². The van der Waals surface area contributed by atoms with E-state index in [-0.39, 0.29) is 12.5 Å². The van der Waals surface area contributed by atoms with Crippen LogP contribution in [0.3, 0.4) is 0 Å². The van der Waals surface area contributed by atoms with Crippen LogP contribution in [0.15, 0.2) is 23.3 Å². The van der Waals surface area contributed by atoms with Crippen molar-refractivity contribution in [3.05, 3.63) is 24.0 Å². The van der Waals surface area contributed by atoms with Gasteiger partial charge in [0.05, 0.1) is 19.7 Å². The van der Waals surface area contributed by atoms with Crippen molar-refractivity contribution in [2.24, 2.45) is 12.0 Å². The molecule has 1 aromatic rings. The average Bonchev–Trinajstić information content (AvgIpc) is 2.85. The Kier molecular flexibility index (Phi) is 7.31. The first kappa shape index (κ1) is 17.0. The summed E-state index contributed by atoms with van der Waals surface area (Å²) in [5.74, 6) is 0.596. The molecule has 0 atom stereocenters. The zero-order valence-corrected chi connectivity index (χ0v) is 13.2. The van der Waals surface area contributed by atoms with Gasteiger partial charge in [-0.05, 0) is 12.1 Å². The average molecular weight is 295 g/mol. The monoisotopic (exact) mass is 295 g/mol. The van der Waals surface area contributed by atoms with Crippen molar-refractivity contribution in [3.63, 3.8) is 0 Å². The van der Waals surface area contributed by atoms with E-state index in [1.165, 1.54) is 5.69 Å². The molecule has 0 fully saturated rings. The zero-order chi connectivity index (χ0) is 15.7. The van der Waals surface area contributed by atoms with Gasteiger partial charge in [0.25, 0.3) is 0 Å². The SMILES string of the molecule is CN=C(NCC(=O)NCCOC)N(C)Cc1cccn1C. The highest BCUT2D eigenvalue weighted by atomic mass is 16.5. The summed E-state index contributed by atoms with van der Waals surface area (Å²) < 4.78 is 6.93. The van der Waals surface area contributed by atoms with Crippen LogP contribution in [0.5, 0.6) is 0 Å². The van der Waals surface area contributed by atoms with Gasteiger partial charge in [-0.2, -0.15) is 0 Å². The van der Waals surface area contributed by atoms with Crippen molar-refractivity contribution in [2.45, 2.75) is 6.54 Å². The van der Waals surface area contributed by atoms with Crippen LogP contribution >= 0.6 is 0 Å². The molecule has 0 unspecified atom stereocenters. The van der Waals surface area contributed by atoms with E-state index < -0.39 is 0 Å². The predicted molar refractivity (Wildman–Crippen MR) is 83.1 cm³/mol. The largest absolute Gasteiger partial charge is 0.383 e. The van der Waals surface area contributed by atoms with Gasteiger partial charge in [-0.1, -0.05) is 0 Å². The lowest BCUT2D eigenvalue weighted by Crippen LogP contribution is -2.44. The fourth-order valence-electron chi connectivity index (χ4n) is 1.88. The van der Waals surface area contributed by atoms with Crippen LogP contribution in [0.25, 0.3) is 0 Å². The van der Waals surface area contributed by atoms with E-state index in [0.29, 0.717) is 25.7 Å². The summed E-state index contributed by atoms with van der Waals surface area (Å²) in [6.45, 7) is 1.92. The Morgan fingerprint density at radius 1 is 1.48 bits per heavy atom. The number of amides is 1. The maximum atomic E-state index is 11.6. The van der Waals surface area contributed by atoms with Crippen molar-refractivity contribution in [2.75, 3.05) is 40.9 Å². The molecule has 0 aromatic carbocycles. The summed E-state index contributed by atoms with van der Waals surface area (Å²) in [6.07, 6.45) is 2.00. The molecule has 0 saturated heterocycles. The third-order valence-electron chi connectivity index (χ3n) is 3.06. The maximum Gasteiger partial charge on any atom is 0.239 e. The molecule has 0 aliphatic carbocycles. The number of ether oxygens (including phenoxy) is 1. The summed E-state index contributed by atoms with van der Waals surface area (Å²) in [6, 6.07) is 4.06. The number of aryl methyl sites for hydroxylation is 1. The van der Waals surface area contributed by atoms with E-state index in [2.05, 4.69) is 26.3 Å².